The smallest absolute Gasteiger partial charge is 0.319 e. The van der Waals surface area contributed by atoms with Gasteiger partial charge in [0.05, 0.1) is 31.6 Å². The van der Waals surface area contributed by atoms with Gasteiger partial charge in [-0.3, -0.25) is 0 Å². The Hall–Kier alpha value is -2.99. The number of anilines is 1. The Morgan fingerprint density at radius 1 is 1.24 bits per heavy atom. The minimum atomic E-state index is 0.141. The first-order chi connectivity index (χ1) is 12.2. The van der Waals surface area contributed by atoms with Gasteiger partial charge in [0.15, 0.2) is 5.69 Å². The molecule has 25 heavy (non-hydrogen) atoms. The van der Waals surface area contributed by atoms with Gasteiger partial charge in [-0.15, -0.1) is 10.2 Å². The number of hydrogen-bond acceptors (Lipinski definition) is 9. The van der Waals surface area contributed by atoms with Crippen molar-refractivity contribution in [2.45, 2.75) is 12.5 Å². The van der Waals surface area contributed by atoms with Crippen LogP contribution in [0.3, 0.4) is 0 Å². The van der Waals surface area contributed by atoms with E-state index >= 15 is 0 Å². The molecule has 130 valence electrons. The second kappa shape index (κ2) is 7.27. The molecular weight excluding hydrogens is 324 g/mol. The number of ether oxygens (including phenoxy) is 3. The molecule has 0 saturated carbocycles. The van der Waals surface area contributed by atoms with Gasteiger partial charge in [0.25, 0.3) is 0 Å². The third-order valence-corrected chi connectivity index (χ3v) is 4.08. The lowest BCUT2D eigenvalue weighted by Gasteiger charge is -2.19. The van der Waals surface area contributed by atoms with Crippen LogP contribution in [0, 0.1) is 11.3 Å². The Bertz CT molecular complexity index is 807. The molecule has 0 bridgehead atoms. The van der Waals surface area contributed by atoms with E-state index < -0.39 is 0 Å². The number of hydrogen-bond donors (Lipinski definition) is 0. The maximum Gasteiger partial charge on any atom is 0.319 e. The van der Waals surface area contributed by atoms with E-state index in [0.29, 0.717) is 29.4 Å². The Labute approximate surface area is 145 Å². The normalized spacial score (nSPS) is 16.6. The number of aromatic nitrogens is 4. The van der Waals surface area contributed by atoms with Crippen LogP contribution in [0.4, 0.5) is 5.69 Å². The molecule has 1 aliphatic heterocycles. The summed E-state index contributed by atoms with van der Waals surface area (Å²) in [6.07, 6.45) is 2.60. The molecule has 9 nitrogen and oxygen atoms in total. The molecule has 0 N–H and O–H groups in total. The number of methoxy groups -OCH3 is 3. The predicted molar refractivity (Wildman–Crippen MR) is 88.5 cm³/mol. The summed E-state index contributed by atoms with van der Waals surface area (Å²) >= 11 is 0. The van der Waals surface area contributed by atoms with Crippen molar-refractivity contribution in [2.24, 2.45) is 0 Å². The second-order valence-corrected chi connectivity index (χ2v) is 5.45. The molecule has 0 aliphatic carbocycles. The maximum absolute atomic E-state index is 9.36. The first-order valence-corrected chi connectivity index (χ1v) is 7.71. The standard InChI is InChI=1S/C16H18N6O3/c1-23-10-4-5-22(9-10)14-6-12(20-21-13(14)7-17)11-8-18-16(25-3)19-15(11)24-2/h6,8,10H,4-5,9H2,1-3H3. The van der Waals surface area contributed by atoms with Crippen LogP contribution in [0.5, 0.6) is 11.9 Å². The SMILES string of the molecule is COc1ncc(-c2cc(N3CCC(OC)C3)c(C#N)nn2)c(OC)n1. The zero-order chi connectivity index (χ0) is 17.8. The Morgan fingerprint density at radius 3 is 2.72 bits per heavy atom. The van der Waals surface area contributed by atoms with Gasteiger partial charge in [-0.25, -0.2) is 4.98 Å². The van der Waals surface area contributed by atoms with Gasteiger partial charge in [-0.2, -0.15) is 10.2 Å². The van der Waals surface area contributed by atoms with E-state index in [2.05, 4.69) is 31.1 Å². The van der Waals surface area contributed by atoms with Gasteiger partial charge < -0.3 is 19.1 Å². The van der Waals surface area contributed by atoms with Crippen LogP contribution in [0.2, 0.25) is 0 Å². The van der Waals surface area contributed by atoms with Crippen molar-refractivity contribution in [3.63, 3.8) is 0 Å². The molecule has 2 aromatic rings. The Kier molecular flexibility index (Phi) is 4.90. The van der Waals surface area contributed by atoms with Gasteiger partial charge in [0.2, 0.25) is 5.88 Å². The average molecular weight is 342 g/mol. The fourth-order valence-electron chi connectivity index (χ4n) is 2.75. The van der Waals surface area contributed by atoms with E-state index in [1.807, 2.05) is 0 Å². The van der Waals surface area contributed by atoms with Crippen LogP contribution in [0.15, 0.2) is 12.3 Å². The van der Waals surface area contributed by atoms with E-state index in [4.69, 9.17) is 14.2 Å². The van der Waals surface area contributed by atoms with Gasteiger partial charge in [-0.1, -0.05) is 0 Å². The number of nitriles is 1. The zero-order valence-electron chi connectivity index (χ0n) is 14.3. The third-order valence-electron chi connectivity index (χ3n) is 4.08. The molecule has 3 rings (SSSR count). The minimum Gasteiger partial charge on any atom is -0.480 e. The summed E-state index contributed by atoms with van der Waals surface area (Å²) in [6.45, 7) is 1.49. The molecule has 1 atom stereocenters. The predicted octanol–water partition coefficient (Wildman–Crippen LogP) is 1.05. The van der Waals surface area contributed by atoms with Crippen molar-refractivity contribution >= 4 is 5.69 Å². The lowest BCUT2D eigenvalue weighted by molar-refractivity contribution is 0.121. The van der Waals surface area contributed by atoms with E-state index in [-0.39, 0.29) is 17.8 Å². The third kappa shape index (κ3) is 3.29. The summed E-state index contributed by atoms with van der Waals surface area (Å²) in [6, 6.07) is 4.09. The lowest BCUT2D eigenvalue weighted by Crippen LogP contribution is -2.23. The maximum atomic E-state index is 9.36. The highest BCUT2D eigenvalue weighted by molar-refractivity contribution is 5.70. The zero-order valence-corrected chi connectivity index (χ0v) is 14.3. The molecule has 0 amide bonds. The molecule has 1 fully saturated rings. The van der Waals surface area contributed by atoms with E-state index in [1.165, 1.54) is 14.2 Å². The van der Waals surface area contributed by atoms with Gasteiger partial charge >= 0.3 is 6.01 Å². The quantitative estimate of drug-likeness (QED) is 0.788. The molecule has 0 aromatic carbocycles. The highest BCUT2D eigenvalue weighted by Crippen LogP contribution is 2.31. The van der Waals surface area contributed by atoms with Crippen LogP contribution < -0.4 is 14.4 Å². The summed E-state index contributed by atoms with van der Waals surface area (Å²) in [5, 5.41) is 17.5. The van der Waals surface area contributed by atoms with Crippen molar-refractivity contribution in [1.29, 1.82) is 5.26 Å². The topological polar surface area (TPSA) is 106 Å². The van der Waals surface area contributed by atoms with Crippen molar-refractivity contribution in [2.75, 3.05) is 39.3 Å². The molecule has 0 radical (unpaired) electrons. The largest absolute Gasteiger partial charge is 0.480 e. The van der Waals surface area contributed by atoms with Crippen molar-refractivity contribution < 1.29 is 14.2 Å². The average Bonchev–Trinajstić information content (AvgIpc) is 3.16. The van der Waals surface area contributed by atoms with E-state index in [1.54, 1.807) is 19.4 Å². The Morgan fingerprint density at radius 2 is 2.08 bits per heavy atom. The molecule has 0 spiro atoms. The summed E-state index contributed by atoms with van der Waals surface area (Å²) in [5.74, 6) is 0.327. The summed E-state index contributed by atoms with van der Waals surface area (Å²) in [7, 11) is 4.68. The summed E-state index contributed by atoms with van der Waals surface area (Å²) in [4.78, 5) is 10.3. The van der Waals surface area contributed by atoms with Crippen molar-refractivity contribution in [3.8, 4) is 29.2 Å². The highest BCUT2D eigenvalue weighted by atomic mass is 16.5. The fraction of sp³-hybridized carbons (Fsp3) is 0.438. The first-order valence-electron chi connectivity index (χ1n) is 7.71. The Balaban J connectivity index is 2.02. The molecule has 1 unspecified atom stereocenters. The lowest BCUT2D eigenvalue weighted by atomic mass is 10.2. The number of rotatable bonds is 5. The molecular formula is C16H18N6O3. The molecule has 1 aliphatic rings. The first kappa shape index (κ1) is 16.9. The second-order valence-electron chi connectivity index (χ2n) is 5.45. The summed E-state index contributed by atoms with van der Waals surface area (Å²) < 4.78 is 15.7. The van der Waals surface area contributed by atoms with Crippen LogP contribution in [0.25, 0.3) is 11.3 Å². The van der Waals surface area contributed by atoms with Gasteiger partial charge in [0.1, 0.15) is 11.8 Å². The molecule has 9 heteroatoms. The molecule has 1 saturated heterocycles. The van der Waals surface area contributed by atoms with Crippen molar-refractivity contribution in [1.82, 2.24) is 20.2 Å². The number of nitrogens with zero attached hydrogens (tertiary/aromatic N) is 6. The van der Waals surface area contributed by atoms with Crippen LogP contribution in [0.1, 0.15) is 12.1 Å². The fourth-order valence-corrected chi connectivity index (χ4v) is 2.75. The van der Waals surface area contributed by atoms with Crippen LogP contribution >= 0.6 is 0 Å². The minimum absolute atomic E-state index is 0.141. The van der Waals surface area contributed by atoms with Gasteiger partial charge in [0, 0.05) is 26.4 Å². The molecule has 2 aromatic heterocycles. The summed E-state index contributed by atoms with van der Waals surface area (Å²) in [5.41, 5.74) is 2.08. The van der Waals surface area contributed by atoms with Crippen molar-refractivity contribution in [3.05, 3.63) is 18.0 Å². The highest BCUT2D eigenvalue weighted by Gasteiger charge is 2.26. The van der Waals surface area contributed by atoms with Crippen LogP contribution in [-0.4, -0.2) is 60.7 Å². The van der Waals surface area contributed by atoms with Crippen LogP contribution in [-0.2, 0) is 4.74 Å². The van der Waals surface area contributed by atoms with Gasteiger partial charge in [-0.05, 0) is 12.5 Å². The van der Waals surface area contributed by atoms with E-state index in [0.717, 1.165) is 13.0 Å². The molecule has 3 heterocycles. The monoisotopic (exact) mass is 342 g/mol. The van der Waals surface area contributed by atoms with E-state index in [9.17, 15) is 5.26 Å².